The van der Waals surface area contributed by atoms with E-state index in [0.29, 0.717) is 12.0 Å². The number of nitrogens with zero attached hydrogens (tertiary/aromatic N) is 3. The van der Waals surface area contributed by atoms with Crippen LogP contribution in [0, 0.1) is 5.92 Å². The van der Waals surface area contributed by atoms with Crippen molar-refractivity contribution in [2.75, 3.05) is 19.7 Å². The summed E-state index contributed by atoms with van der Waals surface area (Å²) in [6.07, 6.45) is 6.29. The summed E-state index contributed by atoms with van der Waals surface area (Å²) in [7, 11) is 0. The van der Waals surface area contributed by atoms with Crippen LogP contribution in [0.3, 0.4) is 0 Å². The van der Waals surface area contributed by atoms with Crippen LogP contribution in [0.2, 0.25) is 10.0 Å². The average molecular weight is 394 g/mol. The molecule has 1 fully saturated rings. The van der Waals surface area contributed by atoms with Gasteiger partial charge in [0.15, 0.2) is 0 Å². The molecule has 1 saturated heterocycles. The largest absolute Gasteiger partial charge is 0.373 e. The molecule has 0 N–H and O–H groups in total. The maximum atomic E-state index is 6.42. The van der Waals surface area contributed by atoms with E-state index in [2.05, 4.69) is 36.1 Å². The minimum Gasteiger partial charge on any atom is -0.373 e. The van der Waals surface area contributed by atoms with Gasteiger partial charge in [-0.2, -0.15) is 5.10 Å². The highest BCUT2D eigenvalue weighted by Gasteiger charge is 2.35. The zero-order valence-corrected chi connectivity index (χ0v) is 16.8. The molecule has 2 aromatic rings. The first-order valence-electron chi connectivity index (χ1n) is 9.42. The van der Waals surface area contributed by atoms with Crippen LogP contribution in [0.15, 0.2) is 24.5 Å². The summed E-state index contributed by atoms with van der Waals surface area (Å²) in [5.41, 5.74) is 3.72. The van der Waals surface area contributed by atoms with Crippen molar-refractivity contribution in [2.45, 2.75) is 45.4 Å². The van der Waals surface area contributed by atoms with Gasteiger partial charge >= 0.3 is 0 Å². The van der Waals surface area contributed by atoms with Gasteiger partial charge in [0.1, 0.15) is 0 Å². The van der Waals surface area contributed by atoms with Gasteiger partial charge in [0.25, 0.3) is 0 Å². The van der Waals surface area contributed by atoms with Crippen LogP contribution >= 0.6 is 23.2 Å². The van der Waals surface area contributed by atoms with E-state index in [-0.39, 0.29) is 6.10 Å². The second kappa shape index (κ2) is 7.51. The molecule has 4 rings (SSSR count). The van der Waals surface area contributed by atoms with Crippen molar-refractivity contribution in [2.24, 2.45) is 5.92 Å². The molecule has 140 valence electrons. The smallest absolute Gasteiger partial charge is 0.0896 e. The lowest BCUT2D eigenvalue weighted by Crippen LogP contribution is -2.38. The Labute approximate surface area is 165 Å². The van der Waals surface area contributed by atoms with E-state index in [1.54, 1.807) is 0 Å². The van der Waals surface area contributed by atoms with E-state index in [1.165, 1.54) is 16.7 Å². The standard InChI is InChI=1S/C20H25Cl2N3O/c1-3-25-12-15(10-23-25)20-14(5-7-26-20)11-24-6-4-17-18(13(24)2)8-16(21)9-19(17)22/h8-10,12-14,20H,3-7,11H2,1-2H3/t13?,14-,20+/m0/s1. The summed E-state index contributed by atoms with van der Waals surface area (Å²) < 4.78 is 8.04. The summed E-state index contributed by atoms with van der Waals surface area (Å²) >= 11 is 12.7. The molecule has 2 aliphatic heterocycles. The minimum atomic E-state index is 0.145. The fourth-order valence-electron chi connectivity index (χ4n) is 4.34. The molecular weight excluding hydrogens is 369 g/mol. The molecule has 1 unspecified atom stereocenters. The van der Waals surface area contributed by atoms with Gasteiger partial charge in [-0.3, -0.25) is 9.58 Å². The van der Waals surface area contributed by atoms with E-state index >= 15 is 0 Å². The molecule has 26 heavy (non-hydrogen) atoms. The number of aromatic nitrogens is 2. The van der Waals surface area contributed by atoms with Crippen molar-refractivity contribution < 1.29 is 4.74 Å². The number of hydrogen-bond acceptors (Lipinski definition) is 3. The molecule has 4 nitrogen and oxygen atoms in total. The second-order valence-electron chi connectivity index (χ2n) is 7.35. The first kappa shape index (κ1) is 18.3. The predicted molar refractivity (Wildman–Crippen MR) is 105 cm³/mol. The van der Waals surface area contributed by atoms with Crippen LogP contribution in [0.5, 0.6) is 0 Å². The molecular formula is C20H25Cl2N3O. The summed E-state index contributed by atoms with van der Waals surface area (Å²) in [6, 6.07) is 4.25. The molecule has 1 aromatic heterocycles. The van der Waals surface area contributed by atoms with Crippen molar-refractivity contribution in [1.29, 1.82) is 0 Å². The third-order valence-corrected chi connectivity index (χ3v) is 6.39. The lowest BCUT2D eigenvalue weighted by atomic mass is 9.90. The number of rotatable bonds is 4. The fourth-order valence-corrected chi connectivity index (χ4v) is 4.95. The molecule has 2 aliphatic rings. The van der Waals surface area contributed by atoms with E-state index in [9.17, 15) is 0 Å². The number of fused-ring (bicyclic) bond motifs is 1. The third kappa shape index (κ3) is 3.40. The normalized spacial score (nSPS) is 26.2. The zero-order chi connectivity index (χ0) is 18.3. The minimum absolute atomic E-state index is 0.145. The molecule has 0 amide bonds. The zero-order valence-electron chi connectivity index (χ0n) is 15.3. The molecule has 3 heterocycles. The fraction of sp³-hybridized carbons (Fsp3) is 0.550. The van der Waals surface area contributed by atoms with Crippen LogP contribution in [0.4, 0.5) is 0 Å². The van der Waals surface area contributed by atoms with Crippen LogP contribution in [-0.2, 0) is 17.7 Å². The van der Waals surface area contributed by atoms with Crippen molar-refractivity contribution in [1.82, 2.24) is 14.7 Å². The van der Waals surface area contributed by atoms with Crippen LogP contribution in [0.1, 0.15) is 49.1 Å². The monoisotopic (exact) mass is 393 g/mol. The number of benzene rings is 1. The lowest BCUT2D eigenvalue weighted by molar-refractivity contribution is 0.0698. The van der Waals surface area contributed by atoms with Crippen molar-refractivity contribution in [3.8, 4) is 0 Å². The van der Waals surface area contributed by atoms with Crippen molar-refractivity contribution in [3.63, 3.8) is 0 Å². The molecule has 0 bridgehead atoms. The molecule has 0 aliphatic carbocycles. The van der Waals surface area contributed by atoms with Gasteiger partial charge in [-0.1, -0.05) is 23.2 Å². The first-order valence-corrected chi connectivity index (χ1v) is 10.2. The Kier molecular flexibility index (Phi) is 5.29. The van der Waals surface area contributed by atoms with E-state index < -0.39 is 0 Å². The molecule has 6 heteroatoms. The highest BCUT2D eigenvalue weighted by molar-refractivity contribution is 6.35. The molecule has 0 spiro atoms. The van der Waals surface area contributed by atoms with E-state index in [4.69, 9.17) is 27.9 Å². The Bertz CT molecular complexity index is 791. The summed E-state index contributed by atoms with van der Waals surface area (Å²) in [5, 5.41) is 5.94. The molecule has 3 atom stereocenters. The quantitative estimate of drug-likeness (QED) is 0.739. The topological polar surface area (TPSA) is 30.3 Å². The second-order valence-corrected chi connectivity index (χ2v) is 8.19. The van der Waals surface area contributed by atoms with Crippen LogP contribution in [-0.4, -0.2) is 34.4 Å². The highest BCUT2D eigenvalue weighted by Crippen LogP contribution is 2.40. The summed E-state index contributed by atoms with van der Waals surface area (Å²) in [5.74, 6) is 0.489. The van der Waals surface area contributed by atoms with Gasteiger partial charge in [0.2, 0.25) is 0 Å². The molecule has 0 saturated carbocycles. The number of hydrogen-bond donors (Lipinski definition) is 0. The maximum Gasteiger partial charge on any atom is 0.0896 e. The first-order chi connectivity index (χ1) is 12.6. The van der Waals surface area contributed by atoms with Crippen molar-refractivity contribution >= 4 is 23.2 Å². The van der Waals surface area contributed by atoms with Gasteiger partial charge in [-0.25, -0.2) is 0 Å². The highest BCUT2D eigenvalue weighted by atomic mass is 35.5. The Morgan fingerprint density at radius 2 is 2.15 bits per heavy atom. The average Bonchev–Trinajstić information content (AvgIpc) is 3.26. The Morgan fingerprint density at radius 1 is 1.31 bits per heavy atom. The molecule has 0 radical (unpaired) electrons. The van der Waals surface area contributed by atoms with Crippen molar-refractivity contribution in [3.05, 3.63) is 51.3 Å². The van der Waals surface area contributed by atoms with E-state index in [0.717, 1.165) is 49.1 Å². The van der Waals surface area contributed by atoms with Gasteiger partial charge in [-0.05, 0) is 49.9 Å². The van der Waals surface area contributed by atoms with Gasteiger partial charge in [0, 0.05) is 60.0 Å². The summed E-state index contributed by atoms with van der Waals surface area (Å²) in [6.45, 7) is 8.11. The van der Waals surface area contributed by atoms with Gasteiger partial charge in [0.05, 0.1) is 12.3 Å². The number of halogens is 2. The number of ether oxygens (including phenoxy) is 1. The van der Waals surface area contributed by atoms with Crippen LogP contribution < -0.4 is 0 Å². The maximum absolute atomic E-state index is 6.42. The predicted octanol–water partition coefficient (Wildman–Crippen LogP) is 4.91. The Balaban J connectivity index is 1.51. The summed E-state index contributed by atoms with van der Waals surface area (Å²) in [4.78, 5) is 2.55. The van der Waals surface area contributed by atoms with Gasteiger partial charge < -0.3 is 4.74 Å². The van der Waals surface area contributed by atoms with Gasteiger partial charge in [-0.15, -0.1) is 0 Å². The van der Waals surface area contributed by atoms with Crippen LogP contribution in [0.25, 0.3) is 0 Å². The van der Waals surface area contributed by atoms with E-state index in [1.807, 2.05) is 16.9 Å². The lowest BCUT2D eigenvalue weighted by Gasteiger charge is -2.38. The Hall–Kier alpha value is -1.07. The third-order valence-electron chi connectivity index (χ3n) is 5.83. The molecule has 1 aromatic carbocycles. The SMILES string of the molecule is CCn1cc([C@@H]2OCC[C@H]2CN2CCc3c(Cl)cc(Cl)cc3C2C)cn1. The number of aryl methyl sites for hydroxylation is 1. The Morgan fingerprint density at radius 3 is 2.92 bits per heavy atom.